The van der Waals surface area contributed by atoms with Crippen molar-refractivity contribution < 1.29 is 29.0 Å². The summed E-state index contributed by atoms with van der Waals surface area (Å²) in [7, 11) is 0. The van der Waals surface area contributed by atoms with Crippen molar-refractivity contribution in [2.45, 2.75) is 110 Å². The summed E-state index contributed by atoms with van der Waals surface area (Å²) in [6, 6.07) is -0.836. The molecule has 0 aromatic rings. The number of esters is 1. The van der Waals surface area contributed by atoms with Crippen LogP contribution in [0.5, 0.6) is 0 Å². The number of aliphatic hydroxyl groups excluding tert-OH is 1. The molecular formula is C30H50N2O6. The number of rotatable bonds is 12. The fourth-order valence-corrected chi connectivity index (χ4v) is 7.73. The van der Waals surface area contributed by atoms with Crippen LogP contribution in [0, 0.1) is 23.2 Å². The van der Waals surface area contributed by atoms with E-state index in [9.17, 15) is 19.5 Å². The van der Waals surface area contributed by atoms with Crippen molar-refractivity contribution in [2.24, 2.45) is 23.2 Å². The first-order valence-electron chi connectivity index (χ1n) is 14.3. The molecule has 38 heavy (non-hydrogen) atoms. The average Bonchev–Trinajstić information content (AvgIpc) is 3.30. The summed E-state index contributed by atoms with van der Waals surface area (Å²) in [6.45, 7) is 21.2. The Labute approximate surface area is 229 Å². The van der Waals surface area contributed by atoms with Crippen molar-refractivity contribution in [3.05, 3.63) is 12.7 Å². The highest BCUT2D eigenvalue weighted by Crippen LogP contribution is 2.65. The first kappa shape index (κ1) is 30.6. The summed E-state index contributed by atoms with van der Waals surface area (Å²) in [4.78, 5) is 45.7. The third-order valence-electron chi connectivity index (χ3n) is 8.92. The predicted octanol–water partition coefficient (Wildman–Crippen LogP) is 3.95. The van der Waals surface area contributed by atoms with Gasteiger partial charge in [-0.05, 0) is 71.1 Å². The number of aliphatic hydroxyl groups is 1. The number of likely N-dealkylation sites (tertiary alicyclic amines) is 1. The predicted molar refractivity (Wildman–Crippen MR) is 146 cm³/mol. The van der Waals surface area contributed by atoms with Crippen molar-refractivity contribution in [3.63, 3.8) is 0 Å². The van der Waals surface area contributed by atoms with Crippen LogP contribution in [-0.2, 0) is 23.9 Å². The van der Waals surface area contributed by atoms with Gasteiger partial charge in [0, 0.05) is 25.2 Å². The van der Waals surface area contributed by atoms with E-state index in [0.717, 1.165) is 12.8 Å². The summed E-state index contributed by atoms with van der Waals surface area (Å²) in [5.41, 5.74) is -2.50. The fraction of sp³-hybridized carbons (Fsp3) is 0.833. The average molecular weight is 535 g/mol. The third kappa shape index (κ3) is 5.15. The van der Waals surface area contributed by atoms with Crippen LogP contribution in [-0.4, -0.2) is 81.8 Å². The molecule has 3 unspecified atom stereocenters. The van der Waals surface area contributed by atoms with Crippen LogP contribution >= 0.6 is 0 Å². The van der Waals surface area contributed by atoms with Crippen molar-refractivity contribution in [1.82, 2.24) is 9.80 Å². The SMILES string of the molecule is C=CCN(C(=O)C1N(CCCCCO)C(=O)[C@@H]2[C@@H](C(=O)OCC)[C@]3(C)OC12CC3C)C(C)(C)CC(C)(C)C. The molecule has 3 fully saturated rings. The van der Waals surface area contributed by atoms with E-state index in [0.29, 0.717) is 32.4 Å². The molecule has 3 aliphatic heterocycles. The van der Waals surface area contributed by atoms with Crippen LogP contribution < -0.4 is 0 Å². The van der Waals surface area contributed by atoms with Gasteiger partial charge in [-0.25, -0.2) is 0 Å². The van der Waals surface area contributed by atoms with Gasteiger partial charge in [-0.1, -0.05) is 33.8 Å². The number of unbranched alkanes of at least 4 members (excludes halogenated alkanes) is 2. The second-order valence-electron chi connectivity index (χ2n) is 13.6. The van der Waals surface area contributed by atoms with E-state index in [4.69, 9.17) is 9.47 Å². The number of hydrogen-bond donors (Lipinski definition) is 1. The zero-order chi connectivity index (χ0) is 28.7. The highest BCUT2D eigenvalue weighted by Gasteiger charge is 2.80. The molecular weight excluding hydrogens is 484 g/mol. The van der Waals surface area contributed by atoms with Crippen molar-refractivity contribution >= 4 is 17.8 Å². The molecule has 0 saturated carbocycles. The van der Waals surface area contributed by atoms with E-state index in [1.165, 1.54) is 0 Å². The van der Waals surface area contributed by atoms with E-state index >= 15 is 0 Å². The minimum atomic E-state index is -1.09. The molecule has 3 aliphatic rings. The number of amides is 2. The van der Waals surface area contributed by atoms with Gasteiger partial charge in [0.25, 0.3) is 0 Å². The summed E-state index contributed by atoms with van der Waals surface area (Å²) < 4.78 is 12.2. The first-order valence-corrected chi connectivity index (χ1v) is 14.3. The molecule has 1 spiro atoms. The van der Waals surface area contributed by atoms with Crippen LogP contribution in [0.3, 0.4) is 0 Å². The fourth-order valence-electron chi connectivity index (χ4n) is 7.73. The number of ether oxygens (including phenoxy) is 2. The van der Waals surface area contributed by atoms with E-state index in [1.54, 1.807) is 17.9 Å². The van der Waals surface area contributed by atoms with Crippen LogP contribution in [0.15, 0.2) is 12.7 Å². The van der Waals surface area contributed by atoms with Gasteiger partial charge in [-0.3, -0.25) is 14.4 Å². The summed E-state index contributed by atoms with van der Waals surface area (Å²) >= 11 is 0. The third-order valence-corrected chi connectivity index (χ3v) is 8.92. The number of carbonyl (C=O) groups excluding carboxylic acids is 3. The lowest BCUT2D eigenvalue weighted by molar-refractivity contribution is -0.162. The largest absolute Gasteiger partial charge is 0.466 e. The van der Waals surface area contributed by atoms with Gasteiger partial charge in [0.05, 0.1) is 18.1 Å². The summed E-state index contributed by atoms with van der Waals surface area (Å²) in [5.74, 6) is -2.32. The van der Waals surface area contributed by atoms with Gasteiger partial charge >= 0.3 is 5.97 Å². The molecule has 6 atom stereocenters. The van der Waals surface area contributed by atoms with Crippen LogP contribution in [0.2, 0.25) is 0 Å². The molecule has 2 bridgehead atoms. The maximum Gasteiger partial charge on any atom is 0.312 e. The minimum Gasteiger partial charge on any atom is -0.466 e. The van der Waals surface area contributed by atoms with Gasteiger partial charge in [-0.15, -0.1) is 6.58 Å². The lowest BCUT2D eigenvalue weighted by Gasteiger charge is -2.45. The van der Waals surface area contributed by atoms with E-state index < -0.39 is 40.6 Å². The molecule has 216 valence electrons. The zero-order valence-corrected chi connectivity index (χ0v) is 24.8. The molecule has 0 aromatic heterocycles. The molecule has 0 aliphatic carbocycles. The van der Waals surface area contributed by atoms with Gasteiger partial charge in [0.1, 0.15) is 17.6 Å². The highest BCUT2D eigenvalue weighted by atomic mass is 16.6. The summed E-state index contributed by atoms with van der Waals surface area (Å²) in [5, 5.41) is 9.26. The Hall–Kier alpha value is -1.93. The van der Waals surface area contributed by atoms with E-state index in [-0.39, 0.29) is 36.4 Å². The molecule has 2 amide bonds. The second-order valence-corrected chi connectivity index (χ2v) is 13.6. The standard InChI is InChI=1S/C30H50N2O6/c1-10-15-32(28(7,8)19-27(4,5)6)25(35)23-30-18-20(3)29(9,38-30)22(26(36)37-11-2)21(30)24(34)31(23)16-13-12-14-17-33/h10,20-23,33H,1,11-19H2,2-9H3/t20?,21-,22-,23?,29+,30?/m0/s1. The van der Waals surface area contributed by atoms with Crippen molar-refractivity contribution in [1.29, 1.82) is 0 Å². The quantitative estimate of drug-likeness (QED) is 0.231. The van der Waals surface area contributed by atoms with Crippen molar-refractivity contribution in [3.8, 4) is 0 Å². The molecule has 3 heterocycles. The highest BCUT2D eigenvalue weighted by molar-refractivity contribution is 5.98. The molecule has 1 N–H and O–H groups in total. The van der Waals surface area contributed by atoms with Crippen LogP contribution in [0.25, 0.3) is 0 Å². The normalized spacial score (nSPS) is 32.4. The number of nitrogens with zero attached hydrogens (tertiary/aromatic N) is 2. The van der Waals surface area contributed by atoms with Gasteiger partial charge in [-0.2, -0.15) is 0 Å². The molecule has 0 radical (unpaired) electrons. The van der Waals surface area contributed by atoms with Crippen LogP contribution in [0.1, 0.15) is 87.5 Å². The Morgan fingerprint density at radius 3 is 2.45 bits per heavy atom. The van der Waals surface area contributed by atoms with E-state index in [1.807, 2.05) is 18.7 Å². The number of fused-ring (bicyclic) bond motifs is 1. The number of hydrogen-bond acceptors (Lipinski definition) is 6. The monoisotopic (exact) mass is 534 g/mol. The molecule has 0 aromatic carbocycles. The topological polar surface area (TPSA) is 96.4 Å². The molecule has 3 saturated heterocycles. The second kappa shape index (κ2) is 10.9. The Morgan fingerprint density at radius 1 is 1.24 bits per heavy atom. The number of carbonyl (C=O) groups is 3. The Balaban J connectivity index is 2.11. The lowest BCUT2D eigenvalue weighted by Crippen LogP contribution is -2.61. The molecule has 8 heteroatoms. The first-order chi connectivity index (χ1) is 17.6. The molecule has 3 rings (SSSR count). The Kier molecular flexibility index (Phi) is 8.79. The van der Waals surface area contributed by atoms with Crippen molar-refractivity contribution in [2.75, 3.05) is 26.3 Å². The maximum atomic E-state index is 14.7. The van der Waals surface area contributed by atoms with Gasteiger partial charge in [0.2, 0.25) is 11.8 Å². The lowest BCUT2D eigenvalue weighted by atomic mass is 9.62. The Morgan fingerprint density at radius 2 is 1.89 bits per heavy atom. The minimum absolute atomic E-state index is 0.0268. The maximum absolute atomic E-state index is 14.7. The Bertz CT molecular complexity index is 926. The van der Waals surface area contributed by atoms with Crippen LogP contribution in [0.4, 0.5) is 0 Å². The van der Waals surface area contributed by atoms with Gasteiger partial charge < -0.3 is 24.4 Å². The van der Waals surface area contributed by atoms with Gasteiger partial charge in [0.15, 0.2) is 0 Å². The summed E-state index contributed by atoms with van der Waals surface area (Å²) in [6.07, 6.45) is 5.05. The smallest absolute Gasteiger partial charge is 0.312 e. The zero-order valence-electron chi connectivity index (χ0n) is 24.8. The molecule has 8 nitrogen and oxygen atoms in total. The van der Waals surface area contributed by atoms with E-state index in [2.05, 4.69) is 41.2 Å².